The van der Waals surface area contributed by atoms with Crippen molar-refractivity contribution in [1.82, 2.24) is 4.90 Å². The molecule has 0 N–H and O–H groups in total. The minimum absolute atomic E-state index is 0.354. The maximum atomic E-state index is 6.39. The van der Waals surface area contributed by atoms with Crippen LogP contribution in [0.5, 0.6) is 0 Å². The maximum absolute atomic E-state index is 6.39. The largest absolute Gasteiger partial charge is 0.379 e. The summed E-state index contributed by atoms with van der Waals surface area (Å²) in [7, 11) is 0. The number of ether oxygens (including phenoxy) is 2. The van der Waals surface area contributed by atoms with Gasteiger partial charge in [0.2, 0.25) is 0 Å². The van der Waals surface area contributed by atoms with E-state index in [0.717, 1.165) is 32.9 Å². The van der Waals surface area contributed by atoms with E-state index in [2.05, 4.69) is 34.5 Å². The fraction of sp³-hybridized carbons (Fsp3) is 0.600. The summed E-state index contributed by atoms with van der Waals surface area (Å²) < 4.78 is 13.3. The molecule has 2 heterocycles. The molecule has 24 heavy (non-hydrogen) atoms. The molecule has 1 atom stereocenters. The van der Waals surface area contributed by atoms with E-state index < -0.39 is 0 Å². The van der Waals surface area contributed by atoms with Crippen LogP contribution in [0.25, 0.3) is 10.1 Å². The Balaban J connectivity index is 1.55. The summed E-state index contributed by atoms with van der Waals surface area (Å²) in [4.78, 5) is 2.56. The van der Waals surface area contributed by atoms with Gasteiger partial charge in [0.05, 0.1) is 32.0 Å². The van der Waals surface area contributed by atoms with Gasteiger partial charge in [0.25, 0.3) is 0 Å². The Labute approximate surface area is 148 Å². The van der Waals surface area contributed by atoms with Crippen LogP contribution in [0.1, 0.15) is 43.7 Å². The highest BCUT2D eigenvalue weighted by atomic mass is 32.1. The van der Waals surface area contributed by atoms with Crippen LogP contribution in [0.4, 0.5) is 0 Å². The second kappa shape index (κ2) is 7.96. The van der Waals surface area contributed by atoms with E-state index in [-0.39, 0.29) is 0 Å². The zero-order chi connectivity index (χ0) is 16.2. The number of hydrogen-bond acceptors (Lipinski definition) is 4. The fourth-order valence-corrected chi connectivity index (χ4v) is 5.00. The van der Waals surface area contributed by atoms with Crippen LogP contribution in [-0.2, 0) is 9.47 Å². The lowest BCUT2D eigenvalue weighted by molar-refractivity contribution is -0.0382. The molecule has 3 nitrogen and oxygen atoms in total. The summed E-state index contributed by atoms with van der Waals surface area (Å²) in [5.74, 6) is 0. The second-order valence-corrected chi connectivity index (χ2v) is 7.86. The first-order chi connectivity index (χ1) is 11.9. The van der Waals surface area contributed by atoms with Gasteiger partial charge in [-0.3, -0.25) is 4.90 Å². The highest BCUT2D eigenvalue weighted by molar-refractivity contribution is 7.17. The third kappa shape index (κ3) is 3.67. The molecule has 2 aliphatic rings. The third-order valence-electron chi connectivity index (χ3n) is 5.40. The molecule has 1 saturated heterocycles. The van der Waals surface area contributed by atoms with E-state index in [1.54, 1.807) is 0 Å². The number of morpholine rings is 1. The summed E-state index contributed by atoms with van der Waals surface area (Å²) in [6, 6.07) is 9.12. The Hall–Kier alpha value is -0.940. The Morgan fingerprint density at radius 3 is 2.75 bits per heavy atom. The Bertz CT molecular complexity index is 644. The average Bonchev–Trinajstić information content (AvgIpc) is 3.08. The van der Waals surface area contributed by atoms with Crippen LogP contribution in [0, 0.1) is 0 Å². The van der Waals surface area contributed by atoms with Crippen molar-refractivity contribution in [2.45, 2.75) is 44.2 Å². The number of fused-ring (bicyclic) bond motifs is 1. The molecular formula is C20H27NO2S. The predicted molar refractivity (Wildman–Crippen MR) is 99.8 cm³/mol. The molecule has 0 spiro atoms. The Morgan fingerprint density at radius 1 is 1.12 bits per heavy atom. The van der Waals surface area contributed by atoms with Gasteiger partial charge in [0, 0.05) is 17.8 Å². The van der Waals surface area contributed by atoms with Crippen LogP contribution in [0.3, 0.4) is 0 Å². The van der Waals surface area contributed by atoms with Crippen LogP contribution in [0.15, 0.2) is 29.6 Å². The predicted octanol–water partition coefficient (Wildman–Crippen LogP) is 4.62. The number of rotatable bonds is 5. The first kappa shape index (κ1) is 16.5. The number of benzene rings is 1. The Kier molecular flexibility index (Phi) is 5.48. The molecule has 1 aliphatic carbocycles. The van der Waals surface area contributed by atoms with Crippen molar-refractivity contribution >= 4 is 21.4 Å². The monoisotopic (exact) mass is 345 g/mol. The Morgan fingerprint density at radius 2 is 1.92 bits per heavy atom. The lowest BCUT2D eigenvalue weighted by Crippen LogP contribution is -2.41. The van der Waals surface area contributed by atoms with Gasteiger partial charge in [-0.2, -0.15) is 0 Å². The highest BCUT2D eigenvalue weighted by Gasteiger charge is 2.26. The maximum Gasteiger partial charge on any atom is 0.0667 e. The lowest BCUT2D eigenvalue weighted by Gasteiger charge is -2.35. The van der Waals surface area contributed by atoms with Gasteiger partial charge in [-0.1, -0.05) is 37.5 Å². The topological polar surface area (TPSA) is 21.7 Å². The lowest BCUT2D eigenvalue weighted by atomic mass is 9.97. The van der Waals surface area contributed by atoms with Crippen molar-refractivity contribution in [3.05, 3.63) is 35.2 Å². The van der Waals surface area contributed by atoms with Crippen molar-refractivity contribution in [3.63, 3.8) is 0 Å². The van der Waals surface area contributed by atoms with Gasteiger partial charge in [0.1, 0.15) is 0 Å². The van der Waals surface area contributed by atoms with Gasteiger partial charge in [-0.25, -0.2) is 0 Å². The first-order valence-electron chi connectivity index (χ1n) is 9.31. The van der Waals surface area contributed by atoms with Gasteiger partial charge in [0.15, 0.2) is 0 Å². The first-order valence-corrected chi connectivity index (χ1v) is 10.2. The van der Waals surface area contributed by atoms with Crippen LogP contribution in [-0.4, -0.2) is 43.9 Å². The van der Waals surface area contributed by atoms with Crippen molar-refractivity contribution in [3.8, 4) is 0 Å². The summed E-state index contributed by atoms with van der Waals surface area (Å²) in [6.45, 7) is 4.49. The molecule has 1 saturated carbocycles. The van der Waals surface area contributed by atoms with Crippen molar-refractivity contribution < 1.29 is 9.47 Å². The molecule has 0 amide bonds. The van der Waals surface area contributed by atoms with Crippen LogP contribution in [0.2, 0.25) is 0 Å². The molecule has 4 rings (SSSR count). The molecule has 1 aromatic heterocycles. The number of thiophene rings is 1. The van der Waals surface area contributed by atoms with Crippen molar-refractivity contribution in [1.29, 1.82) is 0 Å². The zero-order valence-corrected chi connectivity index (χ0v) is 15.1. The number of hydrogen-bond donors (Lipinski definition) is 0. The highest BCUT2D eigenvalue weighted by Crippen LogP contribution is 2.34. The summed E-state index contributed by atoms with van der Waals surface area (Å²) in [5, 5.41) is 3.74. The van der Waals surface area contributed by atoms with Crippen molar-refractivity contribution in [2.24, 2.45) is 0 Å². The molecule has 4 heteroatoms. The fourth-order valence-electron chi connectivity index (χ4n) is 4.00. The van der Waals surface area contributed by atoms with E-state index in [4.69, 9.17) is 9.47 Å². The molecular weight excluding hydrogens is 318 g/mol. The minimum atomic E-state index is 0.354. The van der Waals surface area contributed by atoms with E-state index in [0.29, 0.717) is 12.1 Å². The van der Waals surface area contributed by atoms with Gasteiger partial charge >= 0.3 is 0 Å². The second-order valence-electron chi connectivity index (χ2n) is 6.94. The van der Waals surface area contributed by atoms with Gasteiger partial charge in [-0.05, 0) is 35.2 Å². The molecule has 1 unspecified atom stereocenters. The summed E-state index contributed by atoms with van der Waals surface area (Å²) in [5.41, 5.74) is 1.44. The average molecular weight is 346 g/mol. The summed E-state index contributed by atoms with van der Waals surface area (Å²) >= 11 is 1.85. The molecule has 2 aromatic rings. The smallest absolute Gasteiger partial charge is 0.0667 e. The zero-order valence-electron chi connectivity index (χ0n) is 14.3. The minimum Gasteiger partial charge on any atom is -0.379 e. The third-order valence-corrected chi connectivity index (χ3v) is 6.38. The van der Waals surface area contributed by atoms with E-state index >= 15 is 0 Å². The van der Waals surface area contributed by atoms with Crippen LogP contribution < -0.4 is 0 Å². The molecule has 2 fully saturated rings. The quantitative estimate of drug-likeness (QED) is 0.789. The molecule has 0 bridgehead atoms. The van der Waals surface area contributed by atoms with Gasteiger partial charge in [-0.15, -0.1) is 11.3 Å². The normalized spacial score (nSPS) is 22.0. The van der Waals surface area contributed by atoms with E-state index in [9.17, 15) is 0 Å². The standard InChI is InChI=1S/C20H27NO2S/c1-2-6-16(7-3-1)23-14-19(21-10-12-22-13-11-21)18-15-24-20-9-5-4-8-17(18)20/h4-5,8-9,15-16,19H,1-3,6-7,10-14H2. The molecule has 0 radical (unpaired) electrons. The van der Waals surface area contributed by atoms with Gasteiger partial charge < -0.3 is 9.47 Å². The van der Waals surface area contributed by atoms with E-state index in [1.165, 1.54) is 47.8 Å². The molecule has 1 aliphatic heterocycles. The van der Waals surface area contributed by atoms with Crippen LogP contribution >= 0.6 is 11.3 Å². The number of nitrogens with zero attached hydrogens (tertiary/aromatic N) is 1. The molecule has 130 valence electrons. The van der Waals surface area contributed by atoms with Crippen molar-refractivity contribution in [2.75, 3.05) is 32.9 Å². The SMILES string of the molecule is c1ccc2c(C(COC3CCCCC3)N3CCOCC3)csc2c1. The van der Waals surface area contributed by atoms with E-state index in [1.807, 2.05) is 11.3 Å². The molecule has 1 aromatic carbocycles. The summed E-state index contributed by atoms with van der Waals surface area (Å²) in [6.07, 6.45) is 6.97.